The Morgan fingerprint density at radius 2 is 1.85 bits per heavy atom. The van der Waals surface area contributed by atoms with Crippen LogP contribution in [0.3, 0.4) is 0 Å². The summed E-state index contributed by atoms with van der Waals surface area (Å²) in [4.78, 5) is 29.4. The second-order valence-electron chi connectivity index (χ2n) is 8.44. The van der Waals surface area contributed by atoms with Gasteiger partial charge < -0.3 is 19.6 Å². The summed E-state index contributed by atoms with van der Waals surface area (Å²) >= 11 is 0. The molecular formula is C26H26N2O5. The van der Waals surface area contributed by atoms with Gasteiger partial charge in [0.1, 0.15) is 17.7 Å². The maximum Gasteiger partial charge on any atom is 0.338 e. The van der Waals surface area contributed by atoms with Gasteiger partial charge in [-0.3, -0.25) is 4.79 Å². The minimum atomic E-state index is -0.466. The third kappa shape index (κ3) is 4.98. The summed E-state index contributed by atoms with van der Waals surface area (Å²) in [5.41, 5.74) is 3.09. The highest BCUT2D eigenvalue weighted by molar-refractivity contribution is 6.14. The first-order valence-electron chi connectivity index (χ1n) is 10.9. The van der Waals surface area contributed by atoms with E-state index in [2.05, 4.69) is 10.3 Å². The predicted octanol–water partition coefficient (Wildman–Crippen LogP) is 2.90. The van der Waals surface area contributed by atoms with E-state index in [4.69, 9.17) is 9.15 Å². The Morgan fingerprint density at radius 3 is 2.52 bits per heavy atom. The van der Waals surface area contributed by atoms with E-state index in [0.717, 1.165) is 17.5 Å². The zero-order valence-electron chi connectivity index (χ0n) is 18.8. The van der Waals surface area contributed by atoms with Crippen LogP contribution in [0.15, 0.2) is 52.9 Å². The number of amides is 1. The normalized spacial score (nSPS) is 15.0. The van der Waals surface area contributed by atoms with Gasteiger partial charge in [0.05, 0.1) is 11.1 Å². The fourth-order valence-corrected chi connectivity index (χ4v) is 3.66. The topological polar surface area (TPSA) is 102 Å². The monoisotopic (exact) mass is 446 g/mol. The summed E-state index contributed by atoms with van der Waals surface area (Å²) in [7, 11) is 0. The largest absolute Gasteiger partial charge is 0.508 e. The average molecular weight is 447 g/mol. The summed E-state index contributed by atoms with van der Waals surface area (Å²) in [5.74, 6) is -0.0181. The van der Waals surface area contributed by atoms with E-state index in [9.17, 15) is 14.7 Å². The lowest BCUT2D eigenvalue weighted by molar-refractivity contribution is -0.116. The van der Waals surface area contributed by atoms with Crippen LogP contribution in [0, 0.1) is 5.92 Å². The van der Waals surface area contributed by atoms with Crippen molar-refractivity contribution in [3.05, 3.63) is 70.4 Å². The van der Waals surface area contributed by atoms with Crippen LogP contribution in [0.25, 0.3) is 23.1 Å². The Hall–Kier alpha value is -3.87. The second-order valence-corrected chi connectivity index (χ2v) is 8.44. The molecule has 1 unspecified atom stereocenters. The fourth-order valence-electron chi connectivity index (χ4n) is 3.66. The first-order valence-corrected chi connectivity index (χ1v) is 10.9. The number of rotatable bonds is 6. The molecule has 33 heavy (non-hydrogen) atoms. The molecule has 0 bridgehead atoms. The molecule has 2 N–H and O–H groups in total. The van der Waals surface area contributed by atoms with Gasteiger partial charge in [0, 0.05) is 11.6 Å². The van der Waals surface area contributed by atoms with E-state index in [1.54, 1.807) is 0 Å². The molecule has 170 valence electrons. The fraction of sp³-hybridized carbons (Fsp3) is 0.269. The van der Waals surface area contributed by atoms with Crippen molar-refractivity contribution in [2.24, 2.45) is 5.92 Å². The van der Waals surface area contributed by atoms with Gasteiger partial charge in [-0.25, -0.2) is 9.78 Å². The molecule has 0 spiro atoms. The van der Waals surface area contributed by atoms with Crippen LogP contribution < -0.4 is 16.1 Å². The molecule has 7 heteroatoms. The van der Waals surface area contributed by atoms with Crippen molar-refractivity contribution in [3.8, 4) is 17.2 Å². The summed E-state index contributed by atoms with van der Waals surface area (Å²) in [6.07, 6.45) is 2.72. The van der Waals surface area contributed by atoms with Gasteiger partial charge in [0.2, 0.25) is 5.89 Å². The minimum Gasteiger partial charge on any atom is -0.508 e. The number of hydrogen-bond donors (Lipinski definition) is 2. The molecule has 3 aromatic rings. The van der Waals surface area contributed by atoms with Crippen molar-refractivity contribution in [3.63, 3.8) is 0 Å². The Labute approximate surface area is 191 Å². The van der Waals surface area contributed by atoms with Crippen LogP contribution in [0.5, 0.6) is 5.75 Å². The van der Waals surface area contributed by atoms with Crippen molar-refractivity contribution in [1.82, 2.24) is 10.3 Å². The third-order valence-electron chi connectivity index (χ3n) is 5.39. The molecule has 1 aliphatic rings. The van der Waals surface area contributed by atoms with Gasteiger partial charge >= 0.3 is 5.97 Å². The minimum absolute atomic E-state index is 0.0321. The number of aromatic nitrogens is 1. The van der Waals surface area contributed by atoms with Crippen LogP contribution in [-0.2, 0) is 16.1 Å². The maximum atomic E-state index is 12.7. The van der Waals surface area contributed by atoms with E-state index in [-0.39, 0.29) is 30.2 Å². The Morgan fingerprint density at radius 1 is 1.15 bits per heavy atom. The molecular weight excluding hydrogens is 420 g/mol. The number of nitrogens with one attached hydrogen (secondary N) is 1. The number of hydrogen-bond acceptors (Lipinski definition) is 6. The van der Waals surface area contributed by atoms with Crippen LogP contribution in [0.2, 0.25) is 0 Å². The van der Waals surface area contributed by atoms with Crippen LogP contribution in [0.1, 0.15) is 43.1 Å². The summed E-state index contributed by atoms with van der Waals surface area (Å²) in [5, 5.41) is 13.0. The molecule has 7 nitrogen and oxygen atoms in total. The molecule has 2 aromatic carbocycles. The predicted molar refractivity (Wildman–Crippen MR) is 123 cm³/mol. The van der Waals surface area contributed by atoms with Crippen molar-refractivity contribution in [2.75, 3.05) is 0 Å². The number of carbonyl (C=O) groups excluding carboxylic acids is 2. The molecule has 1 aliphatic carbocycles. The lowest BCUT2D eigenvalue weighted by atomic mass is 9.93. The van der Waals surface area contributed by atoms with E-state index in [0.29, 0.717) is 27.8 Å². The summed E-state index contributed by atoms with van der Waals surface area (Å²) in [6, 6.07) is 13.3. The number of aromatic hydroxyl groups is 1. The highest BCUT2D eigenvalue weighted by Gasteiger charge is 2.24. The first-order chi connectivity index (χ1) is 15.8. The zero-order chi connectivity index (χ0) is 23.5. The van der Waals surface area contributed by atoms with E-state index in [1.165, 1.54) is 24.3 Å². The number of phenols is 1. The van der Waals surface area contributed by atoms with E-state index in [1.807, 2.05) is 51.1 Å². The molecule has 0 aliphatic heterocycles. The molecule has 1 amide bonds. The molecule has 4 rings (SSSR count). The number of ether oxygens (including phenoxy) is 1. The van der Waals surface area contributed by atoms with Gasteiger partial charge in [0.25, 0.3) is 5.91 Å². The number of esters is 1. The van der Waals surface area contributed by atoms with Crippen molar-refractivity contribution in [2.45, 2.75) is 39.8 Å². The number of carbonyl (C=O) groups is 2. The third-order valence-corrected chi connectivity index (χ3v) is 5.39. The van der Waals surface area contributed by atoms with Crippen molar-refractivity contribution < 1.29 is 23.8 Å². The number of oxazole rings is 1. The van der Waals surface area contributed by atoms with Gasteiger partial charge in [-0.05, 0) is 68.1 Å². The number of phenolic OH excluding ortho intramolecular Hbond substituents is 1. The standard InChI is InChI=1S/C26H26N2O5/c1-15(2)27-24(30)22-16(3)4-13-21-23(22)33-25(28-21)18-7-5-17(6-8-18)14-32-26(31)19-9-11-20(29)12-10-19/h5-13,15-16,29H,4,14H2,1-3H3,(H,27,30). The molecule has 0 fully saturated rings. The molecule has 0 saturated carbocycles. The van der Waals surface area contributed by atoms with E-state index < -0.39 is 5.97 Å². The smallest absolute Gasteiger partial charge is 0.338 e. The molecule has 0 saturated heterocycles. The van der Waals surface area contributed by atoms with Crippen molar-refractivity contribution in [1.29, 1.82) is 0 Å². The molecule has 1 aromatic heterocycles. The molecule has 1 heterocycles. The Balaban J connectivity index is 1.52. The zero-order valence-corrected chi connectivity index (χ0v) is 18.8. The SMILES string of the molecule is CC(C)NC(=O)C1=c2oc(-c3ccc(COC(=O)c4ccc(O)cc4)cc3)nc2=CCC1C. The van der Waals surface area contributed by atoms with Gasteiger partial charge in [0.15, 0.2) is 5.42 Å². The quantitative estimate of drug-likeness (QED) is 0.565. The maximum absolute atomic E-state index is 12.7. The first kappa shape index (κ1) is 22.3. The Kier molecular flexibility index (Phi) is 6.31. The van der Waals surface area contributed by atoms with Gasteiger partial charge in [-0.2, -0.15) is 0 Å². The van der Waals surface area contributed by atoms with Crippen LogP contribution in [-0.4, -0.2) is 28.0 Å². The lowest BCUT2D eigenvalue weighted by Gasteiger charge is -2.16. The van der Waals surface area contributed by atoms with Crippen LogP contribution in [0.4, 0.5) is 0 Å². The lowest BCUT2D eigenvalue weighted by Crippen LogP contribution is -2.40. The van der Waals surface area contributed by atoms with Crippen LogP contribution >= 0.6 is 0 Å². The average Bonchev–Trinajstić information content (AvgIpc) is 3.21. The molecule has 0 radical (unpaired) electrons. The Bertz CT molecular complexity index is 1290. The number of fused-ring (bicyclic) bond motifs is 1. The highest BCUT2D eigenvalue weighted by atomic mass is 16.5. The molecule has 1 atom stereocenters. The van der Waals surface area contributed by atoms with Gasteiger partial charge in [-0.1, -0.05) is 25.1 Å². The van der Waals surface area contributed by atoms with Gasteiger partial charge in [-0.15, -0.1) is 0 Å². The van der Waals surface area contributed by atoms with E-state index >= 15 is 0 Å². The summed E-state index contributed by atoms with van der Waals surface area (Å²) < 4.78 is 11.4. The number of nitrogens with zero attached hydrogens (tertiary/aromatic N) is 1. The van der Waals surface area contributed by atoms with Crippen molar-refractivity contribution >= 4 is 23.5 Å². The highest BCUT2D eigenvalue weighted by Crippen LogP contribution is 2.21. The number of benzene rings is 2. The summed E-state index contributed by atoms with van der Waals surface area (Å²) in [6.45, 7) is 5.97. The second kappa shape index (κ2) is 9.32.